The summed E-state index contributed by atoms with van der Waals surface area (Å²) in [7, 11) is 0. The number of benzene rings is 1. The minimum absolute atomic E-state index is 0.0112. The zero-order chi connectivity index (χ0) is 14.0. The van der Waals surface area contributed by atoms with Crippen LogP contribution in [0.15, 0.2) is 30.5 Å². The molecule has 5 heteroatoms. The van der Waals surface area contributed by atoms with Gasteiger partial charge in [0.05, 0.1) is 6.20 Å². The van der Waals surface area contributed by atoms with Gasteiger partial charge >= 0.3 is 0 Å². The average molecular weight is 280 g/mol. The molecule has 100 valence electrons. The molecule has 1 aromatic carbocycles. The Balaban J connectivity index is 2.41. The first-order chi connectivity index (χ1) is 8.88. The van der Waals surface area contributed by atoms with Gasteiger partial charge in [0.1, 0.15) is 0 Å². The average Bonchev–Trinajstić information content (AvgIpc) is 2.33. The van der Waals surface area contributed by atoms with E-state index in [2.05, 4.69) is 36.1 Å². The summed E-state index contributed by atoms with van der Waals surface area (Å²) in [5.41, 5.74) is 1.82. The molecule has 0 radical (unpaired) electrons. The van der Waals surface area contributed by atoms with Crippen LogP contribution in [0.3, 0.4) is 0 Å². The van der Waals surface area contributed by atoms with Gasteiger partial charge in [-0.25, -0.2) is 9.37 Å². The van der Waals surface area contributed by atoms with Gasteiger partial charge in [0, 0.05) is 5.69 Å². The predicted octanol–water partition coefficient (Wildman–Crippen LogP) is 4.31. The molecule has 2 rings (SSSR count). The Kier molecular flexibility index (Phi) is 3.71. The molecule has 1 aromatic heterocycles. The van der Waals surface area contributed by atoms with E-state index in [1.165, 1.54) is 0 Å². The van der Waals surface area contributed by atoms with E-state index in [0.717, 1.165) is 17.4 Å². The molecule has 1 heterocycles. The molecule has 0 bridgehead atoms. The summed E-state index contributed by atoms with van der Waals surface area (Å²) in [4.78, 5) is 7.45. The number of halogens is 2. The molecule has 0 atom stereocenters. The van der Waals surface area contributed by atoms with Gasteiger partial charge in [-0.1, -0.05) is 39.0 Å². The molecular weight excluding hydrogens is 265 g/mol. The Hall–Kier alpha value is -1.68. The largest absolute Gasteiger partial charge is 0.337 e. The van der Waals surface area contributed by atoms with E-state index in [0.29, 0.717) is 0 Å². The summed E-state index contributed by atoms with van der Waals surface area (Å²) >= 11 is 5.68. The maximum absolute atomic E-state index is 13.6. The van der Waals surface area contributed by atoms with Gasteiger partial charge in [-0.05, 0) is 28.6 Å². The molecule has 0 amide bonds. The van der Waals surface area contributed by atoms with E-state index in [-0.39, 0.29) is 16.5 Å². The molecular formula is C14H15ClFN3. The molecule has 0 fully saturated rings. The van der Waals surface area contributed by atoms with Crippen LogP contribution in [0.1, 0.15) is 26.3 Å². The van der Waals surface area contributed by atoms with Crippen LogP contribution in [0.5, 0.6) is 0 Å². The highest BCUT2D eigenvalue weighted by Gasteiger charge is 2.18. The maximum atomic E-state index is 13.6. The molecule has 19 heavy (non-hydrogen) atoms. The van der Waals surface area contributed by atoms with Gasteiger partial charge in [-0.3, -0.25) is 0 Å². The fourth-order valence-electron chi connectivity index (χ4n) is 1.81. The lowest BCUT2D eigenvalue weighted by molar-refractivity contribution is 0.591. The number of hydrogen-bond donors (Lipinski definition) is 1. The summed E-state index contributed by atoms with van der Waals surface area (Å²) in [6, 6.07) is 7.73. The van der Waals surface area contributed by atoms with Crippen molar-refractivity contribution in [2.45, 2.75) is 26.2 Å². The van der Waals surface area contributed by atoms with E-state index in [1.807, 2.05) is 24.3 Å². The van der Waals surface area contributed by atoms with E-state index in [1.54, 1.807) is 0 Å². The predicted molar refractivity (Wildman–Crippen MR) is 75.4 cm³/mol. The van der Waals surface area contributed by atoms with Crippen LogP contribution in [-0.4, -0.2) is 9.97 Å². The van der Waals surface area contributed by atoms with Crippen LogP contribution >= 0.6 is 11.6 Å². The summed E-state index contributed by atoms with van der Waals surface area (Å²) < 4.78 is 13.6. The number of anilines is 2. The van der Waals surface area contributed by atoms with Crippen molar-refractivity contribution in [2.24, 2.45) is 0 Å². The van der Waals surface area contributed by atoms with E-state index < -0.39 is 5.82 Å². The Morgan fingerprint density at radius 2 is 1.89 bits per heavy atom. The molecule has 0 saturated carbocycles. The maximum Gasteiger partial charge on any atom is 0.224 e. The SMILES string of the molecule is CC(C)(C)c1ccccc1Nc1nc(Cl)ncc1F. The zero-order valence-corrected chi connectivity index (χ0v) is 11.8. The third kappa shape index (κ3) is 3.20. The standard InChI is InChI=1S/C14H15ClFN3/c1-14(2,3)9-6-4-5-7-11(9)18-12-10(16)8-17-13(15)19-12/h4-8H,1-3H3,(H,17,18,19). The van der Waals surface area contributed by atoms with Crippen LogP contribution in [-0.2, 0) is 5.41 Å². The lowest BCUT2D eigenvalue weighted by Crippen LogP contribution is -2.14. The number of nitrogens with zero attached hydrogens (tertiary/aromatic N) is 2. The monoisotopic (exact) mass is 279 g/mol. The Labute approximate surface area is 116 Å². The Bertz CT molecular complexity index is 593. The molecule has 0 aliphatic rings. The summed E-state index contributed by atoms with van der Waals surface area (Å²) in [6.45, 7) is 6.28. The van der Waals surface area contributed by atoms with Gasteiger partial charge in [0.25, 0.3) is 0 Å². The zero-order valence-electron chi connectivity index (χ0n) is 11.0. The first kappa shape index (κ1) is 13.7. The first-order valence-electron chi connectivity index (χ1n) is 5.92. The summed E-state index contributed by atoms with van der Waals surface area (Å²) in [6.07, 6.45) is 1.05. The molecule has 2 aromatic rings. The van der Waals surface area contributed by atoms with E-state index >= 15 is 0 Å². The Morgan fingerprint density at radius 1 is 1.21 bits per heavy atom. The van der Waals surface area contributed by atoms with E-state index in [9.17, 15) is 4.39 Å². The van der Waals surface area contributed by atoms with Gasteiger partial charge in [-0.15, -0.1) is 0 Å². The lowest BCUT2D eigenvalue weighted by Gasteiger charge is -2.23. The highest BCUT2D eigenvalue weighted by Crippen LogP contribution is 2.31. The van der Waals surface area contributed by atoms with Crippen LogP contribution in [0.2, 0.25) is 5.28 Å². The van der Waals surface area contributed by atoms with Crippen LogP contribution in [0.25, 0.3) is 0 Å². The first-order valence-corrected chi connectivity index (χ1v) is 6.30. The molecule has 0 aliphatic heterocycles. The van der Waals surface area contributed by atoms with Crippen molar-refractivity contribution >= 4 is 23.1 Å². The van der Waals surface area contributed by atoms with Gasteiger partial charge in [0.2, 0.25) is 5.28 Å². The van der Waals surface area contributed by atoms with Crippen molar-refractivity contribution in [3.8, 4) is 0 Å². The second kappa shape index (κ2) is 5.13. The Morgan fingerprint density at radius 3 is 2.58 bits per heavy atom. The number of nitrogens with one attached hydrogen (secondary N) is 1. The smallest absolute Gasteiger partial charge is 0.224 e. The molecule has 0 spiro atoms. The fraction of sp³-hybridized carbons (Fsp3) is 0.286. The quantitative estimate of drug-likeness (QED) is 0.833. The van der Waals surface area contributed by atoms with Crippen molar-refractivity contribution in [3.05, 3.63) is 47.1 Å². The minimum Gasteiger partial charge on any atom is -0.337 e. The van der Waals surface area contributed by atoms with Crippen LogP contribution < -0.4 is 5.32 Å². The van der Waals surface area contributed by atoms with Crippen molar-refractivity contribution in [2.75, 3.05) is 5.32 Å². The van der Waals surface area contributed by atoms with E-state index in [4.69, 9.17) is 11.6 Å². The fourth-order valence-corrected chi connectivity index (χ4v) is 1.94. The number of para-hydroxylation sites is 1. The normalized spacial score (nSPS) is 11.4. The van der Waals surface area contributed by atoms with Gasteiger partial charge in [0.15, 0.2) is 11.6 Å². The lowest BCUT2D eigenvalue weighted by atomic mass is 9.86. The number of aromatic nitrogens is 2. The molecule has 1 N–H and O–H groups in total. The minimum atomic E-state index is -0.534. The van der Waals surface area contributed by atoms with Crippen molar-refractivity contribution in [3.63, 3.8) is 0 Å². The second-order valence-electron chi connectivity index (χ2n) is 5.26. The third-order valence-electron chi connectivity index (χ3n) is 2.70. The van der Waals surface area contributed by atoms with Gasteiger partial charge < -0.3 is 5.32 Å². The third-order valence-corrected chi connectivity index (χ3v) is 2.88. The summed E-state index contributed by atoms with van der Waals surface area (Å²) in [5, 5.41) is 2.99. The highest BCUT2D eigenvalue weighted by molar-refractivity contribution is 6.28. The second-order valence-corrected chi connectivity index (χ2v) is 5.59. The topological polar surface area (TPSA) is 37.8 Å². The number of rotatable bonds is 2. The number of hydrogen-bond acceptors (Lipinski definition) is 3. The van der Waals surface area contributed by atoms with Crippen molar-refractivity contribution < 1.29 is 4.39 Å². The van der Waals surface area contributed by atoms with Crippen molar-refractivity contribution in [1.82, 2.24) is 9.97 Å². The molecule has 0 aliphatic carbocycles. The highest BCUT2D eigenvalue weighted by atomic mass is 35.5. The van der Waals surface area contributed by atoms with Crippen LogP contribution in [0, 0.1) is 5.82 Å². The van der Waals surface area contributed by atoms with Gasteiger partial charge in [-0.2, -0.15) is 4.98 Å². The molecule has 0 saturated heterocycles. The molecule has 3 nitrogen and oxygen atoms in total. The molecule has 0 unspecified atom stereocenters. The van der Waals surface area contributed by atoms with Crippen LogP contribution in [0.4, 0.5) is 15.9 Å². The summed E-state index contributed by atoms with van der Waals surface area (Å²) in [5.74, 6) is -0.454. The van der Waals surface area contributed by atoms with Crippen molar-refractivity contribution in [1.29, 1.82) is 0 Å².